The highest BCUT2D eigenvalue weighted by Gasteiger charge is 2.23. The molecule has 0 aromatic heterocycles. The molecule has 3 rings (SSSR count). The highest BCUT2D eigenvalue weighted by Crippen LogP contribution is 2.25. The molecule has 0 saturated heterocycles. The minimum atomic E-state index is -0.460. The standard InChI is InChI=1S/C22H19N/c1-22(20-13-7-3-8-14-20,23-21-15-9-4-10-16-21)18-17-19-11-5-2-6-12-19/h2-16,23H,1H3. The van der Waals surface area contributed by atoms with Gasteiger partial charge < -0.3 is 5.32 Å². The first kappa shape index (κ1) is 14.9. The summed E-state index contributed by atoms with van der Waals surface area (Å²) in [6, 6.07) is 30.6. The van der Waals surface area contributed by atoms with Crippen LogP contribution in [0.4, 0.5) is 5.69 Å². The topological polar surface area (TPSA) is 12.0 Å². The van der Waals surface area contributed by atoms with E-state index in [1.54, 1.807) is 0 Å². The second-order valence-corrected chi connectivity index (χ2v) is 5.60. The smallest absolute Gasteiger partial charge is 0.122 e. The highest BCUT2D eigenvalue weighted by atomic mass is 15.0. The summed E-state index contributed by atoms with van der Waals surface area (Å²) in [7, 11) is 0. The van der Waals surface area contributed by atoms with Crippen LogP contribution in [0.25, 0.3) is 0 Å². The second kappa shape index (κ2) is 6.85. The third-order valence-electron chi connectivity index (χ3n) is 3.75. The van der Waals surface area contributed by atoms with Crippen molar-refractivity contribution in [1.82, 2.24) is 0 Å². The number of anilines is 1. The number of hydrogen-bond acceptors (Lipinski definition) is 1. The summed E-state index contributed by atoms with van der Waals surface area (Å²) in [4.78, 5) is 0. The van der Waals surface area contributed by atoms with Crippen molar-refractivity contribution < 1.29 is 0 Å². The Morgan fingerprint density at radius 1 is 0.696 bits per heavy atom. The largest absolute Gasteiger partial charge is 0.366 e. The van der Waals surface area contributed by atoms with Crippen molar-refractivity contribution in [1.29, 1.82) is 0 Å². The number of nitrogens with one attached hydrogen (secondary N) is 1. The van der Waals surface area contributed by atoms with Gasteiger partial charge in [-0.1, -0.05) is 78.6 Å². The number of benzene rings is 3. The Kier molecular flexibility index (Phi) is 4.45. The molecule has 1 N–H and O–H groups in total. The van der Waals surface area contributed by atoms with Gasteiger partial charge in [-0.15, -0.1) is 0 Å². The number of hydrogen-bond donors (Lipinski definition) is 1. The van der Waals surface area contributed by atoms with Gasteiger partial charge >= 0.3 is 0 Å². The Morgan fingerprint density at radius 2 is 1.22 bits per heavy atom. The van der Waals surface area contributed by atoms with E-state index in [2.05, 4.69) is 48.3 Å². The zero-order chi connectivity index (χ0) is 16.0. The van der Waals surface area contributed by atoms with E-state index in [4.69, 9.17) is 0 Å². The van der Waals surface area contributed by atoms with Crippen LogP contribution in [0.3, 0.4) is 0 Å². The lowest BCUT2D eigenvalue weighted by molar-refractivity contribution is 0.718. The molecule has 0 amide bonds. The average molecular weight is 297 g/mol. The van der Waals surface area contributed by atoms with Crippen molar-refractivity contribution in [2.24, 2.45) is 0 Å². The molecule has 0 bridgehead atoms. The van der Waals surface area contributed by atoms with Gasteiger partial charge in [-0.2, -0.15) is 0 Å². The maximum atomic E-state index is 3.57. The van der Waals surface area contributed by atoms with E-state index in [1.807, 2.05) is 66.7 Å². The van der Waals surface area contributed by atoms with Gasteiger partial charge in [0.2, 0.25) is 0 Å². The van der Waals surface area contributed by atoms with E-state index in [9.17, 15) is 0 Å². The molecule has 112 valence electrons. The molecule has 0 spiro atoms. The van der Waals surface area contributed by atoms with Gasteiger partial charge in [0.15, 0.2) is 0 Å². The Hall–Kier alpha value is -2.98. The number of para-hydroxylation sites is 1. The van der Waals surface area contributed by atoms with Crippen LogP contribution in [0.1, 0.15) is 18.1 Å². The Labute approximate surface area is 138 Å². The lowest BCUT2D eigenvalue weighted by Crippen LogP contribution is -2.30. The van der Waals surface area contributed by atoms with Gasteiger partial charge in [0, 0.05) is 11.3 Å². The molecular weight excluding hydrogens is 278 g/mol. The zero-order valence-corrected chi connectivity index (χ0v) is 13.2. The van der Waals surface area contributed by atoms with Gasteiger partial charge in [-0.05, 0) is 36.8 Å². The Balaban J connectivity index is 1.99. The van der Waals surface area contributed by atoms with Crippen molar-refractivity contribution in [3.05, 3.63) is 102 Å². The first-order valence-corrected chi connectivity index (χ1v) is 7.73. The molecule has 3 aromatic carbocycles. The Morgan fingerprint density at radius 3 is 1.83 bits per heavy atom. The van der Waals surface area contributed by atoms with E-state index >= 15 is 0 Å². The fourth-order valence-corrected chi connectivity index (χ4v) is 2.48. The summed E-state index contributed by atoms with van der Waals surface area (Å²) in [5, 5.41) is 3.57. The minimum absolute atomic E-state index is 0.460. The maximum Gasteiger partial charge on any atom is 0.122 e. The predicted molar refractivity (Wildman–Crippen MR) is 97.2 cm³/mol. The number of rotatable bonds is 3. The summed E-state index contributed by atoms with van der Waals surface area (Å²) < 4.78 is 0. The first-order valence-electron chi connectivity index (χ1n) is 7.73. The summed E-state index contributed by atoms with van der Waals surface area (Å²) in [5.74, 6) is 6.71. The maximum absolute atomic E-state index is 3.57. The molecular formula is C22H19N. The SMILES string of the molecule is CC(C#Cc1ccccc1)(Nc1ccccc1)c1ccccc1. The first-order chi connectivity index (χ1) is 11.3. The molecule has 1 heteroatoms. The van der Waals surface area contributed by atoms with E-state index in [1.165, 1.54) is 0 Å². The van der Waals surface area contributed by atoms with Crippen molar-refractivity contribution in [3.63, 3.8) is 0 Å². The van der Waals surface area contributed by atoms with Gasteiger partial charge in [0.1, 0.15) is 5.54 Å². The van der Waals surface area contributed by atoms with Crippen LogP contribution < -0.4 is 5.32 Å². The molecule has 1 unspecified atom stereocenters. The molecule has 0 heterocycles. The van der Waals surface area contributed by atoms with Crippen LogP contribution in [-0.2, 0) is 5.54 Å². The highest BCUT2D eigenvalue weighted by molar-refractivity contribution is 5.52. The molecule has 0 saturated carbocycles. The molecule has 0 aliphatic carbocycles. The monoisotopic (exact) mass is 297 g/mol. The van der Waals surface area contributed by atoms with E-state index < -0.39 is 5.54 Å². The van der Waals surface area contributed by atoms with Crippen molar-refractivity contribution >= 4 is 5.69 Å². The van der Waals surface area contributed by atoms with Gasteiger partial charge in [0.25, 0.3) is 0 Å². The molecule has 23 heavy (non-hydrogen) atoms. The third-order valence-corrected chi connectivity index (χ3v) is 3.75. The molecule has 0 aliphatic rings. The van der Waals surface area contributed by atoms with E-state index in [0.29, 0.717) is 0 Å². The van der Waals surface area contributed by atoms with Crippen LogP contribution in [-0.4, -0.2) is 0 Å². The van der Waals surface area contributed by atoms with Crippen molar-refractivity contribution in [2.45, 2.75) is 12.5 Å². The van der Waals surface area contributed by atoms with Gasteiger partial charge in [-0.25, -0.2) is 0 Å². The fourth-order valence-electron chi connectivity index (χ4n) is 2.48. The fraction of sp³-hybridized carbons (Fsp3) is 0.0909. The molecule has 1 nitrogen and oxygen atoms in total. The average Bonchev–Trinajstić information content (AvgIpc) is 2.63. The lowest BCUT2D eigenvalue weighted by atomic mass is 9.91. The lowest BCUT2D eigenvalue weighted by Gasteiger charge is -2.27. The van der Waals surface area contributed by atoms with Crippen molar-refractivity contribution in [3.8, 4) is 11.8 Å². The van der Waals surface area contributed by atoms with Gasteiger partial charge in [0.05, 0.1) is 0 Å². The van der Waals surface area contributed by atoms with Gasteiger partial charge in [-0.3, -0.25) is 0 Å². The van der Waals surface area contributed by atoms with Crippen LogP contribution >= 0.6 is 0 Å². The Bertz CT molecular complexity index is 798. The summed E-state index contributed by atoms with van der Waals surface area (Å²) >= 11 is 0. The quantitative estimate of drug-likeness (QED) is 0.666. The summed E-state index contributed by atoms with van der Waals surface area (Å²) in [6.45, 7) is 2.12. The molecule has 0 radical (unpaired) electrons. The predicted octanol–water partition coefficient (Wildman–Crippen LogP) is 5.07. The summed E-state index contributed by atoms with van der Waals surface area (Å²) in [5.41, 5.74) is 2.76. The van der Waals surface area contributed by atoms with Crippen molar-refractivity contribution in [2.75, 3.05) is 5.32 Å². The third kappa shape index (κ3) is 3.81. The van der Waals surface area contributed by atoms with Crippen LogP contribution in [0.2, 0.25) is 0 Å². The zero-order valence-electron chi connectivity index (χ0n) is 13.2. The normalized spacial score (nSPS) is 12.6. The molecule has 3 aromatic rings. The van der Waals surface area contributed by atoms with E-state index in [0.717, 1.165) is 16.8 Å². The van der Waals surface area contributed by atoms with Crippen LogP contribution in [0, 0.1) is 11.8 Å². The minimum Gasteiger partial charge on any atom is -0.366 e. The molecule has 1 atom stereocenters. The molecule has 0 aliphatic heterocycles. The summed E-state index contributed by atoms with van der Waals surface area (Å²) in [6.07, 6.45) is 0. The second-order valence-electron chi connectivity index (χ2n) is 5.60. The van der Waals surface area contributed by atoms with E-state index in [-0.39, 0.29) is 0 Å². The molecule has 0 fully saturated rings. The van der Waals surface area contributed by atoms with Crippen LogP contribution in [0.5, 0.6) is 0 Å². The van der Waals surface area contributed by atoms with Crippen LogP contribution in [0.15, 0.2) is 91.0 Å².